The molecule has 8 heterocycles. The van der Waals surface area contributed by atoms with Crippen LogP contribution in [0.1, 0.15) is 44.8 Å². The maximum absolute atomic E-state index is 12.8. The molecule has 4 aromatic rings. The Hall–Kier alpha value is -7.76. The fraction of sp³-hybridized carbons (Fsp3) is 0.381. The molecule has 4 aliphatic heterocycles. The third-order valence-corrected chi connectivity index (χ3v) is 10.8. The lowest BCUT2D eigenvalue weighted by Gasteiger charge is -2.33. The highest BCUT2D eigenvalue weighted by molar-refractivity contribution is 6.30. The van der Waals surface area contributed by atoms with Crippen molar-refractivity contribution in [3.8, 4) is 0 Å². The molecule has 0 aliphatic carbocycles. The van der Waals surface area contributed by atoms with Gasteiger partial charge in [-0.1, -0.05) is 23.2 Å². The molecule has 4 aromatic heterocycles. The lowest BCUT2D eigenvalue weighted by molar-refractivity contribution is -0.152. The summed E-state index contributed by atoms with van der Waals surface area (Å²) in [5.41, 5.74) is 0.874. The number of likely N-dealkylation sites (N-methyl/N-ethyl adjacent to an activating group) is 2. The summed E-state index contributed by atoms with van der Waals surface area (Å²) < 4.78 is 19.2. The summed E-state index contributed by atoms with van der Waals surface area (Å²) in [5.74, 6) is -3.05. The molecule has 4 atom stereocenters. The van der Waals surface area contributed by atoms with Crippen molar-refractivity contribution < 1.29 is 77.7 Å². The van der Waals surface area contributed by atoms with E-state index in [1.807, 2.05) is 14.1 Å². The number of piperazine rings is 2. The molecule has 8 rings (SSSR count). The van der Waals surface area contributed by atoms with Gasteiger partial charge in [-0.3, -0.25) is 29.1 Å². The number of ether oxygens (including phenoxy) is 4. The van der Waals surface area contributed by atoms with E-state index in [2.05, 4.69) is 49.2 Å². The topological polar surface area (TPSA) is 351 Å². The van der Waals surface area contributed by atoms with Gasteiger partial charge in [-0.2, -0.15) is 0 Å². The smallest absolute Gasteiger partial charge is 0.412 e. The molecule has 4 N–H and O–H groups in total. The van der Waals surface area contributed by atoms with Crippen LogP contribution < -0.4 is 9.80 Å². The lowest BCUT2D eigenvalue weighted by Crippen LogP contribution is -2.48. The highest BCUT2D eigenvalue weighted by Gasteiger charge is 2.46. The van der Waals surface area contributed by atoms with Crippen molar-refractivity contribution in [2.24, 2.45) is 0 Å². The van der Waals surface area contributed by atoms with Crippen molar-refractivity contribution in [3.63, 3.8) is 0 Å². The molecule has 2 saturated heterocycles. The highest BCUT2D eigenvalue weighted by atomic mass is 35.5. The first kappa shape index (κ1) is 55.2. The van der Waals surface area contributed by atoms with Gasteiger partial charge >= 0.3 is 24.1 Å². The normalized spacial score (nSPS) is 18.0. The first-order chi connectivity index (χ1) is 34.4. The van der Waals surface area contributed by atoms with Crippen LogP contribution in [0, 0.1) is 0 Å². The Kier molecular flexibility index (Phi) is 20.3. The Morgan fingerprint density at radius 2 is 0.944 bits per heavy atom. The highest BCUT2D eigenvalue weighted by Crippen LogP contribution is 2.37. The Morgan fingerprint density at radius 3 is 1.25 bits per heavy atom. The van der Waals surface area contributed by atoms with Crippen LogP contribution in [-0.4, -0.2) is 211 Å². The molecule has 28 nitrogen and oxygen atoms in total. The molecule has 0 unspecified atom stereocenters. The van der Waals surface area contributed by atoms with Gasteiger partial charge < -0.3 is 59.0 Å². The number of carbonyl (C=O) groups is 8. The van der Waals surface area contributed by atoms with E-state index in [9.17, 15) is 38.4 Å². The summed E-state index contributed by atoms with van der Waals surface area (Å²) in [4.78, 5) is 124. The second-order valence-electron chi connectivity index (χ2n) is 15.2. The van der Waals surface area contributed by atoms with E-state index in [1.54, 1.807) is 34.1 Å². The Balaban J connectivity index is 0.000000201. The third kappa shape index (κ3) is 14.6. The van der Waals surface area contributed by atoms with Crippen LogP contribution in [0.2, 0.25) is 10.0 Å². The first-order valence-electron chi connectivity index (χ1n) is 21.2. The van der Waals surface area contributed by atoms with Gasteiger partial charge in [0, 0.05) is 89.5 Å². The molecular weight excluding hydrogens is 999 g/mol. The second-order valence-corrected chi connectivity index (χ2v) is 16.1. The maximum atomic E-state index is 12.8. The fourth-order valence-electron chi connectivity index (χ4n) is 6.48. The number of aliphatic carboxylic acids is 2. The summed E-state index contributed by atoms with van der Waals surface area (Å²) in [6, 6.07) is 6.40. The number of aliphatic hydroxyl groups is 2. The molecule has 0 spiro atoms. The van der Waals surface area contributed by atoms with Crippen molar-refractivity contribution in [1.82, 2.24) is 49.5 Å². The van der Waals surface area contributed by atoms with E-state index < -0.39 is 73.8 Å². The van der Waals surface area contributed by atoms with Crippen LogP contribution in [0.4, 0.5) is 21.2 Å². The molecule has 0 bridgehead atoms. The van der Waals surface area contributed by atoms with Crippen LogP contribution >= 0.6 is 23.2 Å². The van der Waals surface area contributed by atoms with E-state index in [-0.39, 0.29) is 24.3 Å². The zero-order chi connectivity index (χ0) is 52.5. The number of carboxylic acid groups (broad SMARTS) is 2. The average molecular weight is 1050 g/mol. The Bertz CT molecular complexity index is 2370. The number of hydrogen-bond acceptors (Lipinski definition) is 22. The van der Waals surface area contributed by atoms with E-state index in [0.717, 1.165) is 26.2 Å². The number of carboxylic acids is 2. The first-order valence-corrected chi connectivity index (χ1v) is 21.9. The van der Waals surface area contributed by atoms with Gasteiger partial charge in [0.25, 0.3) is 24.8 Å². The SMILES string of the molecule is CN1CCN(C(=O)O[C@H]2c3nccnc3C(=O)N2c2ccc(Cl)cn2)CC1.CN1CCN(C(=O)O[C@H]2c3nccnc3C(=O)N2c2ccc(Cl)cn2)CC1.O=COC[C@H](O)C(=O)O.O=COC[C@H](O)C(=O)O. The summed E-state index contributed by atoms with van der Waals surface area (Å²) >= 11 is 11.8. The molecule has 4 aliphatic rings. The van der Waals surface area contributed by atoms with E-state index in [4.69, 9.17) is 53.1 Å². The maximum Gasteiger partial charge on any atom is 0.412 e. The van der Waals surface area contributed by atoms with Gasteiger partial charge in [0.2, 0.25) is 12.5 Å². The van der Waals surface area contributed by atoms with Crippen molar-refractivity contribution in [2.45, 2.75) is 24.7 Å². The van der Waals surface area contributed by atoms with Gasteiger partial charge in [0.05, 0.1) is 10.0 Å². The fourth-order valence-corrected chi connectivity index (χ4v) is 6.71. The summed E-state index contributed by atoms with van der Waals surface area (Å²) in [7, 11) is 4.00. The van der Waals surface area contributed by atoms with E-state index in [0.29, 0.717) is 59.2 Å². The van der Waals surface area contributed by atoms with Gasteiger partial charge in [-0.15, -0.1) is 0 Å². The number of anilines is 2. The molecule has 0 radical (unpaired) electrons. The standard InChI is InChI=1S/2C17H17ClN6O3.2C4H6O5/c2*1-22-6-8-23(9-7-22)17(26)27-16-14-13(19-4-5-20-14)15(25)24(16)12-3-2-11(18)10-21-12;2*5-2-9-1-3(6)4(7)8/h2*2-5,10,16H,6-9H2,1H3;2*2-3,6H,1H2,(H,7,8)/t2*16-;2*3-/m0000/s1. The lowest BCUT2D eigenvalue weighted by atomic mass is 10.3. The molecule has 2 fully saturated rings. The van der Waals surface area contributed by atoms with E-state index >= 15 is 0 Å². The van der Waals surface area contributed by atoms with Crippen LogP contribution in [0.15, 0.2) is 61.4 Å². The van der Waals surface area contributed by atoms with Crippen molar-refractivity contribution >= 4 is 83.7 Å². The van der Waals surface area contributed by atoms with Crippen molar-refractivity contribution in [1.29, 1.82) is 0 Å². The van der Waals surface area contributed by atoms with Crippen LogP contribution in [0.3, 0.4) is 0 Å². The predicted octanol–water partition coefficient (Wildman–Crippen LogP) is 0.346. The molecule has 0 saturated carbocycles. The summed E-state index contributed by atoms with van der Waals surface area (Å²) in [6.07, 6.45) is 2.33. The minimum atomic E-state index is -1.62. The number of hydrogen-bond donors (Lipinski definition) is 4. The number of aromatic nitrogens is 6. The van der Waals surface area contributed by atoms with Crippen LogP contribution in [-0.2, 0) is 38.1 Å². The molecular formula is C42H46Cl2N12O16. The molecule has 384 valence electrons. The van der Waals surface area contributed by atoms with Gasteiger partial charge in [0.15, 0.2) is 23.6 Å². The molecule has 4 amide bonds. The quantitative estimate of drug-likeness (QED) is 0.110. The number of fused-ring (bicyclic) bond motifs is 2. The van der Waals surface area contributed by atoms with Crippen LogP contribution in [0.25, 0.3) is 0 Å². The van der Waals surface area contributed by atoms with Gasteiger partial charge in [-0.25, -0.2) is 48.9 Å². The average Bonchev–Trinajstić information content (AvgIpc) is 3.81. The number of aliphatic hydroxyl groups excluding tert-OH is 2. The Labute approximate surface area is 418 Å². The van der Waals surface area contributed by atoms with Gasteiger partial charge in [-0.05, 0) is 38.4 Å². The number of amides is 4. The zero-order valence-corrected chi connectivity index (χ0v) is 39.6. The largest absolute Gasteiger partial charge is 0.479 e. The summed E-state index contributed by atoms with van der Waals surface area (Å²) in [6.45, 7) is 4.43. The minimum absolute atomic E-state index is 0.0756. The summed E-state index contributed by atoms with van der Waals surface area (Å²) in [5, 5.41) is 33.5. The minimum Gasteiger partial charge on any atom is -0.479 e. The van der Waals surface area contributed by atoms with Crippen molar-refractivity contribution in [3.05, 3.63) is 94.3 Å². The predicted molar refractivity (Wildman–Crippen MR) is 244 cm³/mol. The number of nitrogens with zero attached hydrogens (tertiary/aromatic N) is 12. The van der Waals surface area contributed by atoms with Crippen molar-refractivity contribution in [2.75, 3.05) is 89.5 Å². The molecule has 0 aromatic carbocycles. The molecule has 30 heteroatoms. The van der Waals surface area contributed by atoms with E-state index in [1.165, 1.54) is 47.0 Å². The monoisotopic (exact) mass is 1040 g/mol. The zero-order valence-electron chi connectivity index (χ0n) is 38.1. The van der Waals surface area contributed by atoms with Gasteiger partial charge in [0.1, 0.15) is 36.2 Å². The van der Waals surface area contributed by atoms with Crippen LogP contribution in [0.5, 0.6) is 0 Å². The number of rotatable bonds is 12. The second kappa shape index (κ2) is 26.4. The Morgan fingerprint density at radius 1 is 0.597 bits per heavy atom. The number of halogens is 2. The number of pyridine rings is 2. The number of carbonyl (C=O) groups excluding carboxylic acids is 6. The molecule has 72 heavy (non-hydrogen) atoms. The third-order valence-electron chi connectivity index (χ3n) is 10.3.